The Balaban J connectivity index is 2.67. The molecule has 0 fully saturated rings. The van der Waals surface area contributed by atoms with E-state index in [0.29, 0.717) is 24.1 Å². The van der Waals surface area contributed by atoms with Crippen LogP contribution in [-0.4, -0.2) is 54.5 Å². The van der Waals surface area contributed by atoms with Crippen molar-refractivity contribution >= 4 is 11.9 Å². The molecule has 0 saturated carbocycles. The molecule has 0 unspecified atom stereocenters. The summed E-state index contributed by atoms with van der Waals surface area (Å²) in [6.45, 7) is 8.23. The van der Waals surface area contributed by atoms with Crippen molar-refractivity contribution in [1.29, 1.82) is 0 Å². The van der Waals surface area contributed by atoms with Gasteiger partial charge >= 0.3 is 0 Å². The van der Waals surface area contributed by atoms with Gasteiger partial charge in [0.05, 0.1) is 0 Å². The molecule has 0 bridgehead atoms. The van der Waals surface area contributed by atoms with Crippen LogP contribution in [0.2, 0.25) is 0 Å². The van der Waals surface area contributed by atoms with Gasteiger partial charge in [-0.3, -0.25) is 4.79 Å². The topological polar surface area (TPSA) is 70.2 Å². The maximum Gasteiger partial charge on any atom is 0.270 e. The van der Waals surface area contributed by atoms with Gasteiger partial charge in [0.1, 0.15) is 5.69 Å². The van der Waals surface area contributed by atoms with Crippen LogP contribution < -0.4 is 10.6 Å². The van der Waals surface area contributed by atoms with Gasteiger partial charge in [-0.25, -0.2) is 9.97 Å². The van der Waals surface area contributed by atoms with Crippen LogP contribution in [0.15, 0.2) is 6.07 Å². The first-order valence-corrected chi connectivity index (χ1v) is 6.91. The van der Waals surface area contributed by atoms with E-state index in [4.69, 9.17) is 0 Å². The van der Waals surface area contributed by atoms with Gasteiger partial charge in [0.2, 0.25) is 5.95 Å². The molecular weight excluding hydrogens is 254 g/mol. The smallest absolute Gasteiger partial charge is 0.270 e. The average Bonchev–Trinajstić information content (AvgIpc) is 2.34. The number of nitrogens with zero attached hydrogens (tertiary/aromatic N) is 3. The zero-order valence-electron chi connectivity index (χ0n) is 13.0. The Labute approximate surface area is 121 Å². The minimum absolute atomic E-state index is 0.153. The third kappa shape index (κ3) is 5.97. The van der Waals surface area contributed by atoms with Crippen LogP contribution in [-0.2, 0) is 0 Å². The third-order valence-electron chi connectivity index (χ3n) is 2.60. The lowest BCUT2D eigenvalue weighted by Gasteiger charge is -2.12. The second-order valence-corrected chi connectivity index (χ2v) is 5.55. The highest BCUT2D eigenvalue weighted by molar-refractivity contribution is 5.92. The van der Waals surface area contributed by atoms with Crippen LogP contribution in [0.1, 0.15) is 30.0 Å². The predicted molar refractivity (Wildman–Crippen MR) is 81.0 cm³/mol. The number of nitrogens with one attached hydrogen (secondary N) is 2. The molecular formula is C14H25N5O. The number of carbonyl (C=O) groups is 1. The molecule has 0 aliphatic rings. The van der Waals surface area contributed by atoms with Crippen LogP contribution >= 0.6 is 0 Å². The van der Waals surface area contributed by atoms with Gasteiger partial charge < -0.3 is 15.5 Å². The van der Waals surface area contributed by atoms with Gasteiger partial charge in [-0.1, -0.05) is 13.8 Å². The van der Waals surface area contributed by atoms with Crippen molar-refractivity contribution in [2.24, 2.45) is 5.92 Å². The Kier molecular flexibility index (Phi) is 6.38. The zero-order valence-corrected chi connectivity index (χ0v) is 13.0. The number of rotatable bonds is 7. The van der Waals surface area contributed by atoms with Crippen LogP contribution in [0.25, 0.3) is 0 Å². The molecule has 6 heteroatoms. The lowest BCUT2D eigenvalue weighted by Crippen LogP contribution is -2.28. The number of hydrogen-bond acceptors (Lipinski definition) is 5. The SMILES string of the molecule is Cc1cc(C(=O)NCC(C)C)nc(NCCN(C)C)n1. The minimum Gasteiger partial charge on any atom is -0.353 e. The minimum atomic E-state index is -0.153. The van der Waals surface area contributed by atoms with E-state index < -0.39 is 0 Å². The predicted octanol–water partition coefficient (Wildman–Crippen LogP) is 1.14. The van der Waals surface area contributed by atoms with Gasteiger partial charge in [-0.05, 0) is 33.0 Å². The van der Waals surface area contributed by atoms with E-state index in [1.807, 2.05) is 21.0 Å². The van der Waals surface area contributed by atoms with E-state index in [2.05, 4.69) is 39.3 Å². The monoisotopic (exact) mass is 279 g/mol. The second kappa shape index (κ2) is 7.79. The van der Waals surface area contributed by atoms with Crippen molar-refractivity contribution in [2.75, 3.05) is 39.0 Å². The molecule has 6 nitrogen and oxygen atoms in total. The molecule has 2 N–H and O–H groups in total. The van der Waals surface area contributed by atoms with Crippen molar-refractivity contribution < 1.29 is 4.79 Å². The van der Waals surface area contributed by atoms with Crippen LogP contribution in [0.4, 0.5) is 5.95 Å². The summed E-state index contributed by atoms with van der Waals surface area (Å²) >= 11 is 0. The Morgan fingerprint density at radius 2 is 2.05 bits per heavy atom. The Hall–Kier alpha value is -1.69. The lowest BCUT2D eigenvalue weighted by atomic mass is 10.2. The van der Waals surface area contributed by atoms with Gasteiger partial charge in [0.25, 0.3) is 5.91 Å². The molecule has 0 aliphatic heterocycles. The van der Waals surface area contributed by atoms with Gasteiger partial charge in [0.15, 0.2) is 0 Å². The van der Waals surface area contributed by atoms with E-state index in [-0.39, 0.29) is 5.91 Å². The number of likely N-dealkylation sites (N-methyl/N-ethyl adjacent to an activating group) is 1. The molecule has 1 rings (SSSR count). The van der Waals surface area contributed by atoms with Crippen LogP contribution in [0, 0.1) is 12.8 Å². The first kappa shape index (κ1) is 16.4. The van der Waals surface area contributed by atoms with E-state index in [1.165, 1.54) is 0 Å². The van der Waals surface area contributed by atoms with Crippen LogP contribution in [0.3, 0.4) is 0 Å². The highest BCUT2D eigenvalue weighted by atomic mass is 16.1. The summed E-state index contributed by atoms with van der Waals surface area (Å²) in [6, 6.07) is 1.70. The number of hydrogen-bond donors (Lipinski definition) is 2. The summed E-state index contributed by atoms with van der Waals surface area (Å²) < 4.78 is 0. The third-order valence-corrected chi connectivity index (χ3v) is 2.60. The fraction of sp³-hybridized carbons (Fsp3) is 0.643. The maximum atomic E-state index is 12.0. The normalized spacial score (nSPS) is 10.9. The Morgan fingerprint density at radius 3 is 2.65 bits per heavy atom. The molecule has 1 heterocycles. The van der Waals surface area contributed by atoms with E-state index >= 15 is 0 Å². The number of amides is 1. The molecule has 0 aliphatic carbocycles. The van der Waals surface area contributed by atoms with Crippen molar-refractivity contribution in [3.63, 3.8) is 0 Å². The van der Waals surface area contributed by atoms with E-state index in [0.717, 1.165) is 18.8 Å². The highest BCUT2D eigenvalue weighted by Gasteiger charge is 2.10. The molecule has 1 aromatic heterocycles. The summed E-state index contributed by atoms with van der Waals surface area (Å²) in [4.78, 5) is 22.6. The van der Waals surface area contributed by atoms with Crippen molar-refractivity contribution in [3.8, 4) is 0 Å². The largest absolute Gasteiger partial charge is 0.353 e. The van der Waals surface area contributed by atoms with E-state index in [1.54, 1.807) is 6.07 Å². The first-order valence-electron chi connectivity index (χ1n) is 6.91. The molecule has 0 saturated heterocycles. The van der Waals surface area contributed by atoms with Gasteiger partial charge in [-0.2, -0.15) is 0 Å². The number of anilines is 1. The van der Waals surface area contributed by atoms with Crippen molar-refractivity contribution in [3.05, 3.63) is 17.5 Å². The van der Waals surface area contributed by atoms with Gasteiger partial charge in [-0.15, -0.1) is 0 Å². The summed E-state index contributed by atoms with van der Waals surface area (Å²) in [5.41, 5.74) is 1.19. The zero-order chi connectivity index (χ0) is 15.1. The molecule has 1 amide bonds. The van der Waals surface area contributed by atoms with Crippen molar-refractivity contribution in [2.45, 2.75) is 20.8 Å². The van der Waals surface area contributed by atoms with Gasteiger partial charge in [0, 0.05) is 25.3 Å². The number of aromatic nitrogens is 2. The number of carbonyl (C=O) groups excluding carboxylic acids is 1. The summed E-state index contributed by atoms with van der Waals surface area (Å²) in [6.07, 6.45) is 0. The molecule has 0 atom stereocenters. The molecule has 0 radical (unpaired) electrons. The first-order chi connectivity index (χ1) is 9.38. The molecule has 112 valence electrons. The fourth-order valence-corrected chi connectivity index (χ4v) is 1.54. The summed E-state index contributed by atoms with van der Waals surface area (Å²) in [5, 5.41) is 5.99. The van der Waals surface area contributed by atoms with E-state index in [9.17, 15) is 4.79 Å². The average molecular weight is 279 g/mol. The molecule has 0 spiro atoms. The number of aryl methyl sites for hydroxylation is 1. The Bertz CT molecular complexity index is 445. The second-order valence-electron chi connectivity index (χ2n) is 5.55. The standard InChI is InChI=1S/C14H25N5O/c1-10(2)9-16-13(20)12-8-11(3)17-14(18-12)15-6-7-19(4)5/h8,10H,6-7,9H2,1-5H3,(H,16,20)(H,15,17,18). The van der Waals surface area contributed by atoms with Crippen molar-refractivity contribution in [1.82, 2.24) is 20.2 Å². The Morgan fingerprint density at radius 1 is 1.35 bits per heavy atom. The fourth-order valence-electron chi connectivity index (χ4n) is 1.54. The molecule has 1 aromatic rings. The quantitative estimate of drug-likeness (QED) is 0.783. The molecule has 20 heavy (non-hydrogen) atoms. The maximum absolute atomic E-state index is 12.0. The summed E-state index contributed by atoms with van der Waals surface area (Å²) in [5.74, 6) is 0.765. The summed E-state index contributed by atoms with van der Waals surface area (Å²) in [7, 11) is 4.01. The highest BCUT2D eigenvalue weighted by Crippen LogP contribution is 2.05. The lowest BCUT2D eigenvalue weighted by molar-refractivity contribution is 0.0944. The molecule has 0 aromatic carbocycles. The van der Waals surface area contributed by atoms with Crippen LogP contribution in [0.5, 0.6) is 0 Å².